The summed E-state index contributed by atoms with van der Waals surface area (Å²) in [7, 11) is 0. The van der Waals surface area contributed by atoms with Crippen LogP contribution in [0, 0.1) is 0 Å². The van der Waals surface area contributed by atoms with E-state index in [2.05, 4.69) is 21.0 Å². The molecule has 2 aromatic heterocycles. The van der Waals surface area contributed by atoms with Crippen molar-refractivity contribution in [2.45, 2.75) is 0 Å². The molecule has 0 aromatic carbocycles. The molecule has 82 valence electrons. The Labute approximate surface area is 106 Å². The fourth-order valence-electron chi connectivity index (χ4n) is 1.37. The first kappa shape index (κ1) is 10.4. The maximum Gasteiger partial charge on any atom is 0.183 e. The van der Waals surface area contributed by atoms with Gasteiger partial charge in [-0.3, -0.25) is 0 Å². The van der Waals surface area contributed by atoms with Gasteiger partial charge in [-0.05, 0) is 22.9 Å². The van der Waals surface area contributed by atoms with Gasteiger partial charge in [-0.1, -0.05) is 5.73 Å². The SMILES string of the molecule is C1=CN=C(c2ccsc2)N=NC=1c1ccsc1. The smallest absolute Gasteiger partial charge is 0.183 e. The van der Waals surface area contributed by atoms with E-state index in [9.17, 15) is 0 Å². The Morgan fingerprint density at radius 1 is 0.941 bits per heavy atom. The fraction of sp³-hybridized carbons (Fsp3) is 0. The van der Waals surface area contributed by atoms with Gasteiger partial charge < -0.3 is 0 Å². The molecule has 1 aliphatic heterocycles. The van der Waals surface area contributed by atoms with Crippen molar-refractivity contribution < 1.29 is 0 Å². The number of nitrogens with zero attached hydrogens (tertiary/aromatic N) is 3. The molecule has 0 bridgehead atoms. The zero-order valence-electron chi connectivity index (χ0n) is 8.70. The maximum atomic E-state index is 4.24. The van der Waals surface area contributed by atoms with Gasteiger partial charge in [0.25, 0.3) is 0 Å². The summed E-state index contributed by atoms with van der Waals surface area (Å²) in [6, 6.07) is 3.97. The van der Waals surface area contributed by atoms with E-state index < -0.39 is 0 Å². The van der Waals surface area contributed by atoms with Gasteiger partial charge in [0.2, 0.25) is 0 Å². The molecule has 0 saturated carbocycles. The zero-order valence-corrected chi connectivity index (χ0v) is 10.3. The summed E-state index contributed by atoms with van der Waals surface area (Å²) in [6.07, 6.45) is 1.62. The quantitative estimate of drug-likeness (QED) is 0.724. The summed E-state index contributed by atoms with van der Waals surface area (Å²) in [5, 5.41) is 16.4. The van der Waals surface area contributed by atoms with Crippen LogP contribution in [0.4, 0.5) is 0 Å². The first-order valence-corrected chi connectivity index (χ1v) is 6.82. The maximum absolute atomic E-state index is 4.24. The highest BCUT2D eigenvalue weighted by Gasteiger charge is 2.06. The molecular weight excluding hydrogens is 250 g/mol. The van der Waals surface area contributed by atoms with Gasteiger partial charge in [0.05, 0.1) is 6.20 Å². The topological polar surface area (TPSA) is 37.1 Å². The van der Waals surface area contributed by atoms with E-state index >= 15 is 0 Å². The van der Waals surface area contributed by atoms with Crippen LogP contribution in [0.1, 0.15) is 11.1 Å². The van der Waals surface area contributed by atoms with Crippen LogP contribution < -0.4 is 0 Å². The molecule has 0 aliphatic carbocycles. The molecule has 0 atom stereocenters. The minimum absolute atomic E-state index is 0.629. The first-order chi connectivity index (χ1) is 8.43. The van der Waals surface area contributed by atoms with Gasteiger partial charge >= 0.3 is 0 Å². The third-order valence-corrected chi connectivity index (χ3v) is 3.57. The van der Waals surface area contributed by atoms with Gasteiger partial charge in [-0.15, -0.1) is 10.2 Å². The Morgan fingerprint density at radius 2 is 1.71 bits per heavy atom. The number of thiophene rings is 2. The van der Waals surface area contributed by atoms with E-state index in [-0.39, 0.29) is 0 Å². The third kappa shape index (κ3) is 2.17. The van der Waals surface area contributed by atoms with Crippen LogP contribution in [0.5, 0.6) is 0 Å². The molecule has 0 N–H and O–H groups in total. The Kier molecular flexibility index (Phi) is 2.80. The minimum Gasteiger partial charge on any atom is -0.226 e. The highest BCUT2D eigenvalue weighted by molar-refractivity contribution is 7.08. The van der Waals surface area contributed by atoms with Crippen molar-refractivity contribution in [3.8, 4) is 0 Å². The van der Waals surface area contributed by atoms with Crippen LogP contribution in [-0.4, -0.2) is 5.84 Å². The van der Waals surface area contributed by atoms with Crippen LogP contribution >= 0.6 is 22.7 Å². The van der Waals surface area contributed by atoms with Crippen molar-refractivity contribution >= 4 is 34.2 Å². The Balaban J connectivity index is 1.93. The van der Waals surface area contributed by atoms with Crippen LogP contribution in [0.3, 0.4) is 0 Å². The van der Waals surface area contributed by atoms with E-state index in [1.165, 1.54) is 0 Å². The molecule has 0 spiro atoms. The standard InChI is InChI=1S/C12H7N3S2/c1-4-13-12(10-3-6-17-8-10)15-14-11(1)9-2-5-16-7-9/h2-8H. The number of rotatable bonds is 2. The second kappa shape index (κ2) is 4.59. The van der Waals surface area contributed by atoms with E-state index in [1.54, 1.807) is 28.9 Å². The lowest BCUT2D eigenvalue weighted by molar-refractivity contribution is 1.29. The van der Waals surface area contributed by atoms with Crippen molar-refractivity contribution in [1.82, 2.24) is 0 Å². The van der Waals surface area contributed by atoms with Gasteiger partial charge in [0, 0.05) is 21.9 Å². The summed E-state index contributed by atoms with van der Waals surface area (Å²) < 4.78 is 0. The van der Waals surface area contributed by atoms with E-state index in [0.717, 1.165) is 16.8 Å². The molecule has 2 aromatic rings. The summed E-state index contributed by atoms with van der Waals surface area (Å²) in [5.74, 6) is 0.629. The molecule has 0 amide bonds. The zero-order chi connectivity index (χ0) is 11.5. The lowest BCUT2D eigenvalue weighted by Gasteiger charge is -1.93. The first-order valence-electron chi connectivity index (χ1n) is 4.93. The molecule has 5 heteroatoms. The minimum atomic E-state index is 0.629. The summed E-state index contributed by atoms with van der Waals surface area (Å²) in [5.41, 5.74) is 5.77. The van der Waals surface area contributed by atoms with Crippen molar-refractivity contribution in [3.63, 3.8) is 0 Å². The lowest BCUT2D eigenvalue weighted by atomic mass is 10.3. The molecule has 0 radical (unpaired) electrons. The van der Waals surface area contributed by atoms with Gasteiger partial charge in [-0.25, -0.2) is 4.99 Å². The highest BCUT2D eigenvalue weighted by atomic mass is 32.1. The van der Waals surface area contributed by atoms with Crippen molar-refractivity contribution in [1.29, 1.82) is 0 Å². The van der Waals surface area contributed by atoms with E-state index in [0.29, 0.717) is 5.84 Å². The van der Waals surface area contributed by atoms with Gasteiger partial charge in [0.15, 0.2) is 5.84 Å². The van der Waals surface area contributed by atoms with Crippen LogP contribution in [-0.2, 0) is 0 Å². The highest BCUT2D eigenvalue weighted by Crippen LogP contribution is 2.20. The molecular formula is C12H7N3S2. The molecule has 3 nitrogen and oxygen atoms in total. The Hall–Kier alpha value is -1.81. The van der Waals surface area contributed by atoms with Crippen LogP contribution in [0.25, 0.3) is 5.70 Å². The molecule has 0 saturated heterocycles. The number of aliphatic imine (C=N–C) groups is 1. The largest absolute Gasteiger partial charge is 0.226 e. The average molecular weight is 257 g/mol. The number of azo groups is 1. The van der Waals surface area contributed by atoms with Crippen molar-refractivity contribution in [3.05, 3.63) is 56.7 Å². The van der Waals surface area contributed by atoms with Crippen LogP contribution in [0.2, 0.25) is 0 Å². The molecule has 0 fully saturated rings. The predicted octanol–water partition coefficient (Wildman–Crippen LogP) is 4.18. The van der Waals surface area contributed by atoms with E-state index in [4.69, 9.17) is 0 Å². The molecule has 17 heavy (non-hydrogen) atoms. The number of amidine groups is 1. The fourth-order valence-corrected chi connectivity index (χ4v) is 2.65. The van der Waals surface area contributed by atoms with Crippen molar-refractivity contribution in [2.75, 3.05) is 0 Å². The average Bonchev–Trinajstić information content (AvgIpc) is 2.99. The second-order valence-electron chi connectivity index (χ2n) is 3.30. The van der Waals surface area contributed by atoms with Gasteiger partial charge in [-0.2, -0.15) is 22.7 Å². The summed E-state index contributed by atoms with van der Waals surface area (Å²) in [6.45, 7) is 0. The monoisotopic (exact) mass is 257 g/mol. The lowest BCUT2D eigenvalue weighted by Crippen LogP contribution is -1.91. The summed E-state index contributed by atoms with van der Waals surface area (Å²) in [4.78, 5) is 4.24. The predicted molar refractivity (Wildman–Crippen MR) is 71.5 cm³/mol. The molecule has 0 unspecified atom stereocenters. The number of hydrogen-bond acceptors (Lipinski definition) is 5. The molecule has 3 heterocycles. The normalized spacial score (nSPS) is 14.4. The molecule has 1 aliphatic rings. The third-order valence-electron chi connectivity index (χ3n) is 2.21. The molecule has 3 rings (SSSR count). The second-order valence-corrected chi connectivity index (χ2v) is 4.86. The van der Waals surface area contributed by atoms with Gasteiger partial charge in [0.1, 0.15) is 5.70 Å². The van der Waals surface area contributed by atoms with Crippen molar-refractivity contribution in [2.24, 2.45) is 15.2 Å². The van der Waals surface area contributed by atoms with Crippen LogP contribution in [0.15, 0.2) is 60.8 Å². The van der Waals surface area contributed by atoms with E-state index in [1.807, 2.05) is 33.7 Å². The summed E-state index contributed by atoms with van der Waals surface area (Å²) >= 11 is 3.24. The number of hydrogen-bond donors (Lipinski definition) is 0. The Bertz CT molecular complexity index is 627. The Morgan fingerprint density at radius 3 is 2.41 bits per heavy atom.